The first kappa shape index (κ1) is 36.8. The number of hydrogen-bond acceptors (Lipinski definition) is 8. The molecule has 0 saturated carbocycles. The number of likely N-dealkylation sites (tertiary alicyclic amines) is 1. The number of sulfone groups is 1. The summed E-state index contributed by atoms with van der Waals surface area (Å²) < 4.78 is 96.0. The summed E-state index contributed by atoms with van der Waals surface area (Å²) in [7, 11) is -12.2. The highest BCUT2D eigenvalue weighted by Gasteiger charge is 2.48. The third kappa shape index (κ3) is 9.94. The maximum Gasteiger partial charge on any atom is 0.501 e. The lowest BCUT2D eigenvalue weighted by molar-refractivity contribution is -0.0435. The van der Waals surface area contributed by atoms with E-state index >= 15 is 0 Å². The Kier molecular flexibility index (Phi) is 12.1. The van der Waals surface area contributed by atoms with Gasteiger partial charge in [0.15, 0.2) is 8.32 Å². The van der Waals surface area contributed by atoms with E-state index in [4.69, 9.17) is 9.56 Å². The lowest BCUT2D eigenvalue weighted by atomic mass is 9.97. The average molecular weight is 696 g/mol. The maximum atomic E-state index is 13.6. The molecule has 15 heteroatoms. The molecule has 1 atom stereocenters. The molecule has 0 aromatic heterocycles. The molecule has 0 bridgehead atoms. The Morgan fingerprint density at radius 2 is 1.66 bits per heavy atom. The van der Waals surface area contributed by atoms with Crippen molar-refractivity contribution in [2.24, 2.45) is 11.1 Å². The first-order chi connectivity index (χ1) is 20.2. The molecule has 2 aromatic carbocycles. The van der Waals surface area contributed by atoms with E-state index in [1.165, 1.54) is 11.8 Å². The van der Waals surface area contributed by atoms with Crippen molar-refractivity contribution in [1.29, 1.82) is 0 Å². The summed E-state index contributed by atoms with van der Waals surface area (Å²) in [6.07, 6.45) is 2.48. The van der Waals surface area contributed by atoms with Crippen LogP contribution in [0.5, 0.6) is 0 Å². The molecule has 0 aliphatic carbocycles. The predicted octanol–water partition coefficient (Wildman–Crippen LogP) is 6.32. The van der Waals surface area contributed by atoms with Gasteiger partial charge in [0.05, 0.1) is 10.6 Å². The second-order valence-corrected chi connectivity index (χ2v) is 22.1. The molecule has 1 saturated heterocycles. The van der Waals surface area contributed by atoms with Crippen molar-refractivity contribution < 1.29 is 34.4 Å². The first-order valence-electron chi connectivity index (χ1n) is 14.5. The van der Waals surface area contributed by atoms with Crippen molar-refractivity contribution in [3.8, 4) is 0 Å². The molecule has 0 spiro atoms. The van der Waals surface area contributed by atoms with Gasteiger partial charge in [-0.3, -0.25) is 0 Å². The molecular weight excluding hydrogens is 652 g/mol. The van der Waals surface area contributed by atoms with Crippen LogP contribution < -0.4 is 10.5 Å². The van der Waals surface area contributed by atoms with Gasteiger partial charge in [-0.1, -0.05) is 39.0 Å². The third-order valence-corrected chi connectivity index (χ3v) is 16.5. The Balaban J connectivity index is 1.75. The van der Waals surface area contributed by atoms with Gasteiger partial charge in [0.1, 0.15) is 4.90 Å². The fraction of sp³-hybridized carbons (Fsp3) is 0.586. The summed E-state index contributed by atoms with van der Waals surface area (Å²) in [6, 6.07) is 11.5. The van der Waals surface area contributed by atoms with Gasteiger partial charge in [-0.25, -0.2) is 22.0 Å². The highest BCUT2D eigenvalue weighted by molar-refractivity contribution is 7.99. The van der Waals surface area contributed by atoms with Gasteiger partial charge in [-0.05, 0) is 86.7 Å². The number of hydrogen-bond donors (Lipinski definition) is 2. The van der Waals surface area contributed by atoms with Crippen molar-refractivity contribution in [2.45, 2.75) is 84.4 Å². The Labute approximate surface area is 265 Å². The molecule has 44 heavy (non-hydrogen) atoms. The summed E-state index contributed by atoms with van der Waals surface area (Å²) in [6.45, 7) is 14.3. The highest BCUT2D eigenvalue weighted by Crippen LogP contribution is 2.38. The van der Waals surface area contributed by atoms with Crippen LogP contribution in [-0.4, -0.2) is 73.6 Å². The van der Waals surface area contributed by atoms with E-state index in [1.54, 1.807) is 0 Å². The normalized spacial score (nSPS) is 17.0. The second kappa shape index (κ2) is 14.4. The van der Waals surface area contributed by atoms with Crippen LogP contribution in [-0.2, 0) is 24.3 Å². The van der Waals surface area contributed by atoms with Crippen LogP contribution in [0.1, 0.15) is 40.0 Å². The number of primary sulfonamides is 1. The van der Waals surface area contributed by atoms with E-state index in [-0.39, 0.29) is 10.7 Å². The zero-order valence-corrected chi connectivity index (χ0v) is 29.3. The molecular formula is C29H44F3N3O5S3Si. The fourth-order valence-corrected chi connectivity index (χ4v) is 8.18. The minimum absolute atomic E-state index is 0.145. The molecule has 0 unspecified atom stereocenters. The summed E-state index contributed by atoms with van der Waals surface area (Å²) in [4.78, 5) is 1.37. The Hall–Kier alpha value is -1.62. The molecule has 1 aliphatic rings. The number of alkyl halides is 3. The number of benzene rings is 2. The number of sulfonamides is 1. The minimum atomic E-state index is -5.88. The lowest BCUT2D eigenvalue weighted by Crippen LogP contribution is -2.43. The highest BCUT2D eigenvalue weighted by atomic mass is 32.2. The molecule has 1 fully saturated rings. The standard InChI is InChI=1S/C29H44F3N3O5S3Si/c1-28(2,3)44(4,5)40-20-22-13-16-35(17-14-22)18-15-23(21-41-24-9-7-6-8-10-24)34-26-12-11-25(43(33,38)39)19-27(26)42(36,37)29(30,31)32/h6-12,19,22-23,34H,13-18,20-21H2,1-5H3,(H2,33,38,39)/t23-/m1/s1. The van der Waals surface area contributed by atoms with E-state index in [1.807, 2.05) is 30.3 Å². The minimum Gasteiger partial charge on any atom is -0.417 e. The molecule has 0 amide bonds. The summed E-state index contributed by atoms with van der Waals surface area (Å²) in [5, 5.41) is 8.24. The van der Waals surface area contributed by atoms with E-state index in [0.29, 0.717) is 30.7 Å². The zero-order valence-electron chi connectivity index (χ0n) is 25.9. The van der Waals surface area contributed by atoms with Gasteiger partial charge in [0.2, 0.25) is 10.0 Å². The van der Waals surface area contributed by atoms with Gasteiger partial charge in [0, 0.05) is 29.8 Å². The molecule has 3 N–H and O–H groups in total. The Morgan fingerprint density at radius 1 is 1.05 bits per heavy atom. The molecule has 0 radical (unpaired) electrons. The second-order valence-electron chi connectivity index (χ2n) is 12.8. The Morgan fingerprint density at radius 3 is 2.20 bits per heavy atom. The van der Waals surface area contributed by atoms with Crippen molar-refractivity contribution >= 4 is 45.6 Å². The molecule has 8 nitrogen and oxygen atoms in total. The van der Waals surface area contributed by atoms with E-state index < -0.39 is 49.5 Å². The molecule has 248 valence electrons. The van der Waals surface area contributed by atoms with E-state index in [2.05, 4.69) is 44.1 Å². The number of nitrogens with zero attached hydrogens (tertiary/aromatic N) is 1. The van der Waals surface area contributed by atoms with Gasteiger partial charge in [0.25, 0.3) is 9.84 Å². The summed E-state index contributed by atoms with van der Waals surface area (Å²) in [5.74, 6) is 0.902. The van der Waals surface area contributed by atoms with Crippen LogP contribution in [0.25, 0.3) is 0 Å². The molecule has 3 rings (SSSR count). The monoisotopic (exact) mass is 695 g/mol. The third-order valence-electron chi connectivity index (χ3n) is 8.42. The first-order valence-corrected chi connectivity index (χ1v) is 21.4. The lowest BCUT2D eigenvalue weighted by Gasteiger charge is -2.39. The number of anilines is 1. The van der Waals surface area contributed by atoms with E-state index in [9.17, 15) is 30.0 Å². The van der Waals surface area contributed by atoms with Crippen molar-refractivity contribution in [1.82, 2.24) is 4.90 Å². The quantitative estimate of drug-likeness (QED) is 0.185. The van der Waals surface area contributed by atoms with Crippen LogP contribution in [0, 0.1) is 5.92 Å². The van der Waals surface area contributed by atoms with Crippen molar-refractivity contribution in [2.75, 3.05) is 37.3 Å². The van der Waals surface area contributed by atoms with Crippen molar-refractivity contribution in [3.05, 3.63) is 48.5 Å². The fourth-order valence-electron chi connectivity index (χ4n) is 4.53. The average Bonchev–Trinajstić information content (AvgIpc) is 2.92. The smallest absolute Gasteiger partial charge is 0.417 e. The number of rotatable bonds is 13. The van der Waals surface area contributed by atoms with Gasteiger partial charge >= 0.3 is 5.51 Å². The van der Waals surface area contributed by atoms with Gasteiger partial charge in [-0.2, -0.15) is 13.2 Å². The molecule has 1 heterocycles. The number of nitrogens with two attached hydrogens (primary N) is 1. The zero-order chi connectivity index (χ0) is 33.0. The van der Waals surface area contributed by atoms with Crippen LogP contribution >= 0.6 is 11.8 Å². The SMILES string of the molecule is CC(C)(C)[Si](C)(C)OCC1CCN(CC[C@H](CSc2ccccc2)Nc2ccc(S(N)(=O)=O)cc2S(=O)(=O)C(F)(F)F)CC1. The Bertz CT molecular complexity index is 1460. The van der Waals surface area contributed by atoms with Crippen LogP contribution in [0.4, 0.5) is 18.9 Å². The van der Waals surface area contributed by atoms with Crippen LogP contribution in [0.2, 0.25) is 18.1 Å². The predicted molar refractivity (Wildman–Crippen MR) is 173 cm³/mol. The van der Waals surface area contributed by atoms with E-state index in [0.717, 1.165) is 49.6 Å². The molecule has 2 aromatic rings. The number of piperidine rings is 1. The van der Waals surface area contributed by atoms with Crippen molar-refractivity contribution in [3.63, 3.8) is 0 Å². The molecule has 1 aliphatic heterocycles. The summed E-state index contributed by atoms with van der Waals surface area (Å²) >= 11 is 1.49. The largest absolute Gasteiger partial charge is 0.501 e. The van der Waals surface area contributed by atoms with Gasteiger partial charge in [-0.15, -0.1) is 11.8 Å². The number of thioether (sulfide) groups is 1. The number of halogens is 3. The maximum absolute atomic E-state index is 13.6. The topological polar surface area (TPSA) is 119 Å². The summed E-state index contributed by atoms with van der Waals surface area (Å²) in [5.41, 5.74) is -5.96. The van der Waals surface area contributed by atoms with Crippen LogP contribution in [0.3, 0.4) is 0 Å². The van der Waals surface area contributed by atoms with Gasteiger partial charge < -0.3 is 14.6 Å². The number of nitrogens with one attached hydrogen (secondary N) is 1. The van der Waals surface area contributed by atoms with Crippen LogP contribution in [0.15, 0.2) is 63.2 Å².